The molecule has 20 heteroatoms. The fraction of sp³-hybridized carbons (Fsp3) is 0.571. The van der Waals surface area contributed by atoms with Gasteiger partial charge in [0.2, 0.25) is 13.9 Å². The molecule has 302 valence electrons. The third-order valence-corrected chi connectivity index (χ3v) is 9.66. The van der Waals surface area contributed by atoms with Crippen molar-refractivity contribution >= 4 is 44.1 Å². The first-order valence-corrected chi connectivity index (χ1v) is 19.7. The monoisotopic (exact) mass is 792 g/mol. The third kappa shape index (κ3) is 13.1. The molecule has 55 heavy (non-hydrogen) atoms. The number of nitrogens with one attached hydrogen (secondary N) is 1. The van der Waals surface area contributed by atoms with Crippen LogP contribution < -0.4 is 10.2 Å². The molecule has 3 heterocycles. The largest absolute Gasteiger partial charge is 0.513 e. The summed E-state index contributed by atoms with van der Waals surface area (Å²) in [6.45, 7) is 4.55. The Morgan fingerprint density at radius 1 is 0.891 bits per heavy atom. The molecule has 3 unspecified atom stereocenters. The number of aromatic nitrogens is 2. The molecule has 19 nitrogen and oxygen atoms in total. The number of carbonyl (C=O) groups is 5. The number of piperazine rings is 1. The second kappa shape index (κ2) is 21.8. The molecule has 1 aromatic heterocycles. The van der Waals surface area contributed by atoms with Crippen LogP contribution in [0.4, 0.5) is 20.2 Å². The van der Waals surface area contributed by atoms with E-state index in [1.54, 1.807) is 19.2 Å². The van der Waals surface area contributed by atoms with Gasteiger partial charge in [0.05, 0.1) is 32.1 Å². The van der Waals surface area contributed by atoms with Gasteiger partial charge in [-0.25, -0.2) is 24.4 Å². The molecular weight excluding hydrogens is 743 g/mol. The minimum atomic E-state index is -3.45. The summed E-state index contributed by atoms with van der Waals surface area (Å²) in [7, 11) is -1.82. The first-order valence-electron chi connectivity index (χ1n) is 18.1. The predicted octanol–water partition coefficient (Wildman–Crippen LogP) is 3.67. The van der Waals surface area contributed by atoms with E-state index in [0.29, 0.717) is 24.5 Å². The maximum Gasteiger partial charge on any atom is 0.513 e. The van der Waals surface area contributed by atoms with Crippen molar-refractivity contribution in [2.75, 3.05) is 77.3 Å². The summed E-state index contributed by atoms with van der Waals surface area (Å²) in [5.74, 6) is -0.684. The van der Waals surface area contributed by atoms with Crippen LogP contribution in [0.1, 0.15) is 50.5 Å². The summed E-state index contributed by atoms with van der Waals surface area (Å²) in [5.41, 5.74) is 0.573. The molecule has 2 saturated heterocycles. The molecule has 0 aliphatic carbocycles. The minimum absolute atomic E-state index is 0.0323. The van der Waals surface area contributed by atoms with Gasteiger partial charge in [0.25, 0.3) is 5.91 Å². The van der Waals surface area contributed by atoms with Crippen molar-refractivity contribution in [1.29, 1.82) is 0 Å². The highest BCUT2D eigenvalue weighted by atomic mass is 31.1. The molecule has 2 aliphatic rings. The van der Waals surface area contributed by atoms with Gasteiger partial charge in [0, 0.05) is 58.0 Å². The van der Waals surface area contributed by atoms with E-state index in [1.165, 1.54) is 29.7 Å². The van der Waals surface area contributed by atoms with Crippen molar-refractivity contribution in [2.45, 2.75) is 58.7 Å². The summed E-state index contributed by atoms with van der Waals surface area (Å²) in [6.07, 6.45) is -1.40. The van der Waals surface area contributed by atoms with E-state index in [-0.39, 0.29) is 63.6 Å². The zero-order valence-electron chi connectivity index (χ0n) is 31.4. The molecule has 1 N–H and O–H groups in total. The Balaban J connectivity index is 1.58. The zero-order valence-corrected chi connectivity index (χ0v) is 32.4. The van der Waals surface area contributed by atoms with Crippen LogP contribution in [-0.2, 0) is 42.3 Å². The normalized spacial score (nSPS) is 16.6. The Labute approximate surface area is 319 Å². The van der Waals surface area contributed by atoms with Gasteiger partial charge >= 0.3 is 24.9 Å². The van der Waals surface area contributed by atoms with Gasteiger partial charge in [0.15, 0.2) is 5.82 Å². The van der Waals surface area contributed by atoms with Gasteiger partial charge in [-0.1, -0.05) is 43.7 Å². The number of carbonyl (C=O) groups excluding carboxylic acids is 5. The molecule has 2 aliphatic heterocycles. The second-order valence-corrected chi connectivity index (χ2v) is 13.7. The topological polar surface area (TPSA) is 215 Å². The van der Waals surface area contributed by atoms with Crippen molar-refractivity contribution < 1.29 is 61.5 Å². The van der Waals surface area contributed by atoms with Gasteiger partial charge in [-0.15, -0.1) is 0 Å². The zero-order chi connectivity index (χ0) is 39.7. The van der Waals surface area contributed by atoms with Gasteiger partial charge in [-0.05, 0) is 26.7 Å². The van der Waals surface area contributed by atoms with E-state index in [1.807, 2.05) is 30.0 Å². The lowest BCUT2D eigenvalue weighted by Gasteiger charge is -2.36. The Bertz CT molecular complexity index is 1610. The molecular formula is C35H49N6O13P. The minimum Gasteiger partial charge on any atom is -0.449 e. The van der Waals surface area contributed by atoms with Crippen molar-refractivity contribution in [2.24, 2.45) is 0 Å². The predicted molar refractivity (Wildman–Crippen MR) is 196 cm³/mol. The first-order chi connectivity index (χ1) is 26.5. The van der Waals surface area contributed by atoms with Crippen LogP contribution in [0.3, 0.4) is 0 Å². The van der Waals surface area contributed by atoms with Gasteiger partial charge in [-0.3, -0.25) is 18.7 Å². The van der Waals surface area contributed by atoms with Crippen LogP contribution in [0.15, 0.2) is 36.4 Å². The maximum atomic E-state index is 14.1. The fourth-order valence-corrected chi connectivity index (χ4v) is 6.59. The fourth-order valence-electron chi connectivity index (χ4n) is 5.57. The Hall–Kier alpha value is -5.00. The lowest BCUT2D eigenvalue weighted by molar-refractivity contribution is -0.199. The number of amides is 3. The molecule has 2 fully saturated rings. The number of nitrogens with zero attached hydrogens (tertiary/aromatic N) is 5. The Morgan fingerprint density at radius 3 is 2.15 bits per heavy atom. The van der Waals surface area contributed by atoms with E-state index in [9.17, 15) is 28.5 Å². The second-order valence-electron chi connectivity index (χ2n) is 12.3. The van der Waals surface area contributed by atoms with Crippen LogP contribution in [0, 0.1) is 0 Å². The van der Waals surface area contributed by atoms with Crippen molar-refractivity contribution in [3.8, 4) is 11.4 Å². The van der Waals surface area contributed by atoms with Crippen LogP contribution in [-0.4, -0.2) is 141 Å². The maximum absolute atomic E-state index is 14.1. The summed E-state index contributed by atoms with van der Waals surface area (Å²) in [5, 5.41) is 2.65. The van der Waals surface area contributed by atoms with Gasteiger partial charge < -0.3 is 48.4 Å². The summed E-state index contributed by atoms with van der Waals surface area (Å²) >= 11 is 0. The average molecular weight is 793 g/mol. The highest BCUT2D eigenvalue weighted by Gasteiger charge is 2.34. The molecule has 1 aromatic carbocycles. The SMILES string of the molecule is CCCCOC(=O)N1CCN(C(=O)C(C[PH](=O)OC(OC(=O)OCC)OC(=O)OCC)NC(=O)c2cc(N3CCC(OC)C3)nc(-c3ccccc3)n2)CC1. The molecule has 4 rings (SSSR count). The number of methoxy groups -OCH3 is 1. The highest BCUT2D eigenvalue weighted by molar-refractivity contribution is 7.39. The van der Waals surface area contributed by atoms with Crippen molar-refractivity contribution in [3.05, 3.63) is 42.1 Å². The van der Waals surface area contributed by atoms with E-state index < -0.39 is 56.9 Å². The van der Waals surface area contributed by atoms with E-state index in [4.69, 9.17) is 37.9 Å². The van der Waals surface area contributed by atoms with Gasteiger partial charge in [-0.2, -0.15) is 0 Å². The Morgan fingerprint density at radius 2 is 1.55 bits per heavy atom. The molecule has 0 saturated carbocycles. The lowest BCUT2D eigenvalue weighted by Crippen LogP contribution is -2.56. The average Bonchev–Trinajstić information content (AvgIpc) is 3.67. The number of ether oxygens (including phenoxy) is 6. The van der Waals surface area contributed by atoms with E-state index >= 15 is 0 Å². The number of hydrogen-bond donors (Lipinski definition) is 1. The van der Waals surface area contributed by atoms with Crippen LogP contribution >= 0.6 is 8.03 Å². The summed E-state index contributed by atoms with van der Waals surface area (Å²) < 4.78 is 48.7. The molecule has 2 aromatic rings. The number of hydrogen-bond acceptors (Lipinski definition) is 16. The molecule has 0 radical (unpaired) electrons. The van der Waals surface area contributed by atoms with Crippen LogP contribution in [0.5, 0.6) is 0 Å². The molecule has 0 spiro atoms. The number of rotatable bonds is 17. The smallest absolute Gasteiger partial charge is 0.449 e. The first kappa shape index (κ1) is 42.7. The van der Waals surface area contributed by atoms with Gasteiger partial charge in [0.1, 0.15) is 17.6 Å². The number of anilines is 1. The quantitative estimate of drug-likeness (QED) is 0.0795. The summed E-state index contributed by atoms with van der Waals surface area (Å²) in [4.78, 5) is 78.8. The number of benzene rings is 1. The van der Waals surface area contributed by atoms with Crippen LogP contribution in [0.2, 0.25) is 0 Å². The molecule has 3 amide bonds. The van der Waals surface area contributed by atoms with Crippen LogP contribution in [0.25, 0.3) is 11.4 Å². The molecule has 3 atom stereocenters. The lowest BCUT2D eigenvalue weighted by atomic mass is 10.2. The van der Waals surface area contributed by atoms with E-state index in [2.05, 4.69) is 10.3 Å². The standard InChI is InChI=1S/C35H49N6O13P/c1-5-8-20-51-32(44)40-18-16-39(17-19-40)31(43)27(23-55(47)54-35(52-33(45)49-6-2)53-34(46)50-7-3)37-30(42)26-21-28(41-15-14-25(22-41)48-4)38-29(36-26)24-12-10-9-11-13-24/h9-13,21,25,27,35,55H,5-8,14-20,22-23H2,1-4H3,(H,37,42). The summed E-state index contributed by atoms with van der Waals surface area (Å²) in [6, 6.07) is 9.07. The third-order valence-electron chi connectivity index (χ3n) is 8.46. The Kier molecular flexibility index (Phi) is 16.9. The van der Waals surface area contributed by atoms with Crippen molar-refractivity contribution in [1.82, 2.24) is 25.1 Å². The number of unbranched alkanes of at least 4 members (excludes halogenated alkanes) is 1. The highest BCUT2D eigenvalue weighted by Crippen LogP contribution is 2.29. The molecule has 0 bridgehead atoms. The van der Waals surface area contributed by atoms with E-state index in [0.717, 1.165) is 19.3 Å². The van der Waals surface area contributed by atoms with Crippen molar-refractivity contribution in [3.63, 3.8) is 0 Å².